The Morgan fingerprint density at radius 1 is 1.04 bits per heavy atom. The van der Waals surface area contributed by atoms with Crippen LogP contribution >= 0.6 is 11.3 Å². The van der Waals surface area contributed by atoms with E-state index in [0.29, 0.717) is 18.8 Å². The summed E-state index contributed by atoms with van der Waals surface area (Å²) in [5.74, 6) is 0.0516. The Balaban J connectivity index is 1.34. The number of hydrogen-bond acceptors (Lipinski definition) is 5. The Labute approximate surface area is 167 Å². The monoisotopic (exact) mass is 391 g/mol. The van der Waals surface area contributed by atoms with Crippen molar-refractivity contribution >= 4 is 38.2 Å². The van der Waals surface area contributed by atoms with Crippen molar-refractivity contribution in [3.8, 4) is 0 Å². The number of thiazole rings is 1. The zero-order valence-corrected chi connectivity index (χ0v) is 16.7. The summed E-state index contributed by atoms with van der Waals surface area (Å²) in [5.41, 5.74) is 4.55. The van der Waals surface area contributed by atoms with E-state index in [1.165, 1.54) is 10.3 Å². The van der Waals surface area contributed by atoms with E-state index in [1.54, 1.807) is 11.3 Å². The minimum absolute atomic E-state index is 0.0516. The third-order valence-electron chi connectivity index (χ3n) is 5.28. The Kier molecular flexibility index (Phi) is 4.05. The van der Waals surface area contributed by atoms with E-state index < -0.39 is 0 Å². The van der Waals surface area contributed by atoms with Crippen LogP contribution in [-0.2, 0) is 0 Å². The van der Waals surface area contributed by atoms with Gasteiger partial charge in [0.2, 0.25) is 0 Å². The van der Waals surface area contributed by atoms with Gasteiger partial charge in [0, 0.05) is 32.4 Å². The summed E-state index contributed by atoms with van der Waals surface area (Å²) in [5, 5.41) is 1.04. The minimum atomic E-state index is 0.0516. The molecule has 0 spiro atoms. The Hall–Kier alpha value is -2.93. The molecule has 1 saturated heterocycles. The van der Waals surface area contributed by atoms with Gasteiger partial charge in [0.25, 0.3) is 5.91 Å². The molecule has 4 aromatic rings. The molecule has 142 valence electrons. The number of piperazine rings is 1. The summed E-state index contributed by atoms with van der Waals surface area (Å²) in [6.07, 6.45) is 1.90. The molecule has 1 amide bonds. The van der Waals surface area contributed by atoms with Crippen molar-refractivity contribution in [2.75, 3.05) is 31.1 Å². The van der Waals surface area contributed by atoms with Crippen LogP contribution in [0.1, 0.15) is 21.7 Å². The summed E-state index contributed by atoms with van der Waals surface area (Å²) >= 11 is 1.73. The van der Waals surface area contributed by atoms with Crippen molar-refractivity contribution in [3.63, 3.8) is 0 Å². The highest BCUT2D eigenvalue weighted by molar-refractivity contribution is 7.22. The number of amides is 1. The predicted molar refractivity (Wildman–Crippen MR) is 112 cm³/mol. The smallest absolute Gasteiger partial charge is 0.272 e. The number of nitrogens with zero attached hydrogens (tertiary/aromatic N) is 5. The molecule has 4 heterocycles. The van der Waals surface area contributed by atoms with Crippen LogP contribution < -0.4 is 4.90 Å². The van der Waals surface area contributed by atoms with Crippen LogP contribution in [0.25, 0.3) is 15.9 Å². The van der Waals surface area contributed by atoms with Gasteiger partial charge >= 0.3 is 0 Å². The van der Waals surface area contributed by atoms with E-state index in [0.717, 1.165) is 35.1 Å². The first-order valence-corrected chi connectivity index (χ1v) is 10.3. The third-order valence-corrected chi connectivity index (χ3v) is 6.36. The molecule has 1 aromatic carbocycles. The first kappa shape index (κ1) is 17.2. The quantitative estimate of drug-likeness (QED) is 0.525. The number of carbonyl (C=O) groups is 1. The maximum Gasteiger partial charge on any atom is 0.272 e. The SMILES string of the molecule is Cc1ccc2nc(N3CCN(C(=O)c4c(C)nc5ccccn45)CC3)sc2c1. The number of carbonyl (C=O) groups excluding carboxylic acids is 1. The van der Waals surface area contributed by atoms with Crippen LogP contribution in [0.5, 0.6) is 0 Å². The lowest BCUT2D eigenvalue weighted by molar-refractivity contribution is 0.0739. The average molecular weight is 392 g/mol. The Morgan fingerprint density at radius 2 is 1.86 bits per heavy atom. The van der Waals surface area contributed by atoms with Crippen molar-refractivity contribution < 1.29 is 4.79 Å². The average Bonchev–Trinajstić information content (AvgIpc) is 3.27. The fraction of sp³-hybridized carbons (Fsp3) is 0.286. The minimum Gasteiger partial charge on any atom is -0.345 e. The molecule has 0 saturated carbocycles. The highest BCUT2D eigenvalue weighted by Crippen LogP contribution is 2.30. The fourth-order valence-electron chi connectivity index (χ4n) is 3.78. The number of aromatic nitrogens is 3. The molecule has 0 bridgehead atoms. The lowest BCUT2D eigenvalue weighted by atomic mass is 10.2. The number of anilines is 1. The molecule has 1 fully saturated rings. The number of pyridine rings is 1. The van der Waals surface area contributed by atoms with Gasteiger partial charge in [-0.1, -0.05) is 23.5 Å². The summed E-state index contributed by atoms with van der Waals surface area (Å²) < 4.78 is 3.11. The van der Waals surface area contributed by atoms with Crippen molar-refractivity contribution in [2.45, 2.75) is 13.8 Å². The first-order chi connectivity index (χ1) is 13.6. The van der Waals surface area contributed by atoms with E-state index >= 15 is 0 Å². The maximum absolute atomic E-state index is 13.2. The molecule has 7 heteroatoms. The van der Waals surface area contributed by atoms with Gasteiger partial charge < -0.3 is 9.80 Å². The molecule has 0 unspecified atom stereocenters. The number of rotatable bonds is 2. The summed E-state index contributed by atoms with van der Waals surface area (Å²) in [7, 11) is 0. The predicted octanol–water partition coefficient (Wildman–Crippen LogP) is 3.52. The van der Waals surface area contributed by atoms with E-state index in [1.807, 2.05) is 40.6 Å². The van der Waals surface area contributed by atoms with Crippen LogP contribution in [0.2, 0.25) is 0 Å². The third kappa shape index (κ3) is 2.82. The first-order valence-electron chi connectivity index (χ1n) is 9.45. The molecule has 0 radical (unpaired) electrons. The molecular formula is C21H21N5OS. The van der Waals surface area contributed by atoms with Gasteiger partial charge in [-0.05, 0) is 43.7 Å². The summed E-state index contributed by atoms with van der Waals surface area (Å²) in [6, 6.07) is 12.2. The van der Waals surface area contributed by atoms with Crippen LogP contribution in [0.15, 0.2) is 42.6 Å². The van der Waals surface area contributed by atoms with Crippen LogP contribution in [0.3, 0.4) is 0 Å². The van der Waals surface area contributed by atoms with Crippen molar-refractivity contribution in [1.29, 1.82) is 0 Å². The molecule has 1 aliphatic heterocycles. The van der Waals surface area contributed by atoms with Crippen molar-refractivity contribution in [2.24, 2.45) is 0 Å². The number of benzene rings is 1. The number of imidazole rings is 1. The van der Waals surface area contributed by atoms with Crippen LogP contribution in [0.4, 0.5) is 5.13 Å². The van der Waals surface area contributed by atoms with Gasteiger partial charge in [0.05, 0.1) is 15.9 Å². The van der Waals surface area contributed by atoms with Crippen molar-refractivity contribution in [3.05, 3.63) is 59.5 Å². The number of aryl methyl sites for hydroxylation is 2. The zero-order chi connectivity index (χ0) is 19.3. The second kappa shape index (κ2) is 6.60. The van der Waals surface area contributed by atoms with Gasteiger partial charge in [0.1, 0.15) is 11.3 Å². The number of hydrogen-bond donors (Lipinski definition) is 0. The fourth-order valence-corrected chi connectivity index (χ4v) is 4.89. The van der Waals surface area contributed by atoms with Gasteiger partial charge in [0.15, 0.2) is 5.13 Å². The standard InChI is InChI=1S/C21H21N5OS/c1-14-6-7-16-17(13-14)28-21(23-16)25-11-9-24(10-12-25)20(27)19-15(2)22-18-5-3-4-8-26(18)19/h3-8,13H,9-12H2,1-2H3. The zero-order valence-electron chi connectivity index (χ0n) is 15.9. The topological polar surface area (TPSA) is 53.7 Å². The van der Waals surface area contributed by atoms with E-state index in [4.69, 9.17) is 4.98 Å². The van der Waals surface area contributed by atoms with E-state index in [-0.39, 0.29) is 5.91 Å². The molecule has 1 aliphatic rings. The molecule has 0 atom stereocenters. The molecule has 0 aliphatic carbocycles. The molecule has 5 rings (SSSR count). The van der Waals surface area contributed by atoms with Crippen LogP contribution in [0, 0.1) is 13.8 Å². The van der Waals surface area contributed by atoms with Gasteiger partial charge in [-0.25, -0.2) is 9.97 Å². The summed E-state index contributed by atoms with van der Waals surface area (Å²) in [4.78, 5) is 26.7. The maximum atomic E-state index is 13.2. The number of fused-ring (bicyclic) bond motifs is 2. The highest BCUT2D eigenvalue weighted by Gasteiger charge is 2.27. The molecule has 28 heavy (non-hydrogen) atoms. The Bertz CT molecular complexity index is 1190. The second-order valence-electron chi connectivity index (χ2n) is 7.22. The second-order valence-corrected chi connectivity index (χ2v) is 8.23. The van der Waals surface area contributed by atoms with Crippen molar-refractivity contribution in [1.82, 2.24) is 19.3 Å². The Morgan fingerprint density at radius 3 is 2.68 bits per heavy atom. The van der Waals surface area contributed by atoms with Gasteiger partial charge in [-0.15, -0.1) is 0 Å². The molecule has 6 nitrogen and oxygen atoms in total. The van der Waals surface area contributed by atoms with Gasteiger partial charge in [-0.3, -0.25) is 9.20 Å². The van der Waals surface area contributed by atoms with E-state index in [9.17, 15) is 4.79 Å². The van der Waals surface area contributed by atoms with E-state index in [2.05, 4.69) is 35.0 Å². The highest BCUT2D eigenvalue weighted by atomic mass is 32.1. The molecule has 0 N–H and O–H groups in total. The van der Waals surface area contributed by atoms with Gasteiger partial charge in [-0.2, -0.15) is 0 Å². The molecular weight excluding hydrogens is 370 g/mol. The normalized spacial score (nSPS) is 14.9. The lowest BCUT2D eigenvalue weighted by Gasteiger charge is -2.34. The van der Waals surface area contributed by atoms with Crippen LogP contribution in [-0.4, -0.2) is 51.4 Å². The lowest BCUT2D eigenvalue weighted by Crippen LogP contribution is -2.49. The summed E-state index contributed by atoms with van der Waals surface area (Å²) in [6.45, 7) is 6.96. The molecule has 3 aromatic heterocycles. The largest absolute Gasteiger partial charge is 0.345 e.